The molecule has 0 spiro atoms. The summed E-state index contributed by atoms with van der Waals surface area (Å²) in [5.41, 5.74) is 7.29. The second kappa shape index (κ2) is 7.36. The van der Waals surface area contributed by atoms with Gasteiger partial charge in [-0.05, 0) is 36.1 Å². The number of benzene rings is 1. The predicted octanol–water partition coefficient (Wildman–Crippen LogP) is 1.85. The van der Waals surface area contributed by atoms with Crippen LogP contribution in [0.3, 0.4) is 0 Å². The van der Waals surface area contributed by atoms with Crippen molar-refractivity contribution in [2.75, 3.05) is 12.3 Å². The van der Waals surface area contributed by atoms with Gasteiger partial charge in [0, 0.05) is 5.56 Å². The summed E-state index contributed by atoms with van der Waals surface area (Å²) in [6.45, 7) is 6.06. The van der Waals surface area contributed by atoms with E-state index in [9.17, 15) is 9.90 Å². The normalized spacial score (nSPS) is 12.4. The third-order valence-corrected chi connectivity index (χ3v) is 3.72. The van der Waals surface area contributed by atoms with Crippen molar-refractivity contribution in [1.29, 1.82) is 5.26 Å². The van der Waals surface area contributed by atoms with Crippen LogP contribution in [0.1, 0.15) is 43.1 Å². The summed E-state index contributed by atoms with van der Waals surface area (Å²) in [5.74, 6) is 0.00576. The van der Waals surface area contributed by atoms with Crippen molar-refractivity contribution in [2.45, 2.75) is 33.2 Å². The van der Waals surface area contributed by atoms with Crippen molar-refractivity contribution >= 4 is 11.7 Å². The van der Waals surface area contributed by atoms with Gasteiger partial charge < -0.3 is 16.2 Å². The first-order valence-electron chi connectivity index (χ1n) is 8.01. The monoisotopic (exact) mass is 341 g/mol. The van der Waals surface area contributed by atoms with E-state index in [2.05, 4.69) is 31.2 Å². The lowest BCUT2D eigenvalue weighted by atomic mass is 9.88. The van der Waals surface area contributed by atoms with Gasteiger partial charge in [-0.25, -0.2) is 4.68 Å². The number of nitrogens with two attached hydrogens (primary N) is 1. The van der Waals surface area contributed by atoms with Crippen molar-refractivity contribution < 1.29 is 9.90 Å². The molecule has 0 bridgehead atoms. The van der Waals surface area contributed by atoms with Crippen LogP contribution in [0.25, 0.3) is 5.69 Å². The predicted molar refractivity (Wildman–Crippen MR) is 95.1 cm³/mol. The highest BCUT2D eigenvalue weighted by Gasteiger charge is 2.20. The molecule has 0 saturated carbocycles. The third kappa shape index (κ3) is 4.58. The lowest BCUT2D eigenvalue weighted by Crippen LogP contribution is -2.40. The fourth-order valence-corrected chi connectivity index (χ4v) is 2.57. The fraction of sp³-hybridized carbons (Fsp3) is 0.389. The molecular weight excluding hydrogens is 318 g/mol. The first kappa shape index (κ1) is 18.5. The minimum absolute atomic E-state index is 0.000597. The van der Waals surface area contributed by atoms with E-state index >= 15 is 0 Å². The van der Waals surface area contributed by atoms with Crippen LogP contribution in [0.5, 0.6) is 0 Å². The summed E-state index contributed by atoms with van der Waals surface area (Å²) in [6.07, 6.45) is 2.07. The van der Waals surface area contributed by atoms with Crippen LogP contribution in [0.2, 0.25) is 0 Å². The number of rotatable bonds is 5. The smallest absolute Gasteiger partial charge is 0.251 e. The van der Waals surface area contributed by atoms with Crippen molar-refractivity contribution in [3.63, 3.8) is 0 Å². The summed E-state index contributed by atoms with van der Waals surface area (Å²) in [4.78, 5) is 12.4. The van der Waals surface area contributed by atoms with Gasteiger partial charge in [-0.2, -0.15) is 10.4 Å². The number of nitrogen functional groups attached to an aromatic ring is 1. The molecule has 0 aliphatic rings. The Labute approximate surface area is 147 Å². The van der Waals surface area contributed by atoms with E-state index in [4.69, 9.17) is 11.0 Å². The molecule has 132 valence electrons. The Balaban J connectivity index is 2.12. The summed E-state index contributed by atoms with van der Waals surface area (Å²) < 4.78 is 1.44. The third-order valence-electron chi connectivity index (χ3n) is 3.72. The molecule has 7 heteroatoms. The SMILES string of the molecule is CC(C)(C)CC(CO)NC(=O)c1ccc(-n2ncc(C#N)c2N)cc1. The largest absolute Gasteiger partial charge is 0.394 e. The average Bonchev–Trinajstić information content (AvgIpc) is 2.93. The first-order chi connectivity index (χ1) is 11.7. The van der Waals surface area contributed by atoms with Crippen LogP contribution in [-0.4, -0.2) is 33.4 Å². The molecule has 1 heterocycles. The van der Waals surface area contributed by atoms with E-state index in [0.717, 1.165) is 0 Å². The van der Waals surface area contributed by atoms with E-state index in [1.165, 1.54) is 10.9 Å². The van der Waals surface area contributed by atoms with Crippen molar-refractivity contribution in [3.05, 3.63) is 41.6 Å². The molecule has 0 aliphatic heterocycles. The zero-order chi connectivity index (χ0) is 18.6. The highest BCUT2D eigenvalue weighted by molar-refractivity contribution is 5.94. The van der Waals surface area contributed by atoms with Crippen molar-refractivity contribution in [2.24, 2.45) is 5.41 Å². The number of nitrogens with zero attached hydrogens (tertiary/aromatic N) is 3. The molecule has 7 nitrogen and oxygen atoms in total. The lowest BCUT2D eigenvalue weighted by Gasteiger charge is -2.25. The Morgan fingerprint density at radius 1 is 1.40 bits per heavy atom. The Morgan fingerprint density at radius 3 is 2.52 bits per heavy atom. The fourth-order valence-electron chi connectivity index (χ4n) is 2.57. The molecule has 1 amide bonds. The van der Waals surface area contributed by atoms with E-state index in [0.29, 0.717) is 23.2 Å². The van der Waals surface area contributed by atoms with Crippen LogP contribution in [0.4, 0.5) is 5.82 Å². The van der Waals surface area contributed by atoms with Crippen LogP contribution in [-0.2, 0) is 0 Å². The van der Waals surface area contributed by atoms with Gasteiger partial charge >= 0.3 is 0 Å². The molecular formula is C18H23N5O2. The van der Waals surface area contributed by atoms with Gasteiger partial charge in [-0.1, -0.05) is 20.8 Å². The number of nitrogens with one attached hydrogen (secondary N) is 1. The van der Waals surface area contributed by atoms with E-state index in [-0.39, 0.29) is 29.8 Å². The summed E-state index contributed by atoms with van der Waals surface area (Å²) in [7, 11) is 0. The van der Waals surface area contributed by atoms with Gasteiger partial charge in [-0.3, -0.25) is 4.79 Å². The van der Waals surface area contributed by atoms with Gasteiger partial charge in [0.1, 0.15) is 17.5 Å². The quantitative estimate of drug-likeness (QED) is 0.767. The first-order valence-corrected chi connectivity index (χ1v) is 8.01. The molecule has 1 atom stereocenters. The van der Waals surface area contributed by atoms with E-state index in [1.54, 1.807) is 24.3 Å². The standard InChI is InChI=1S/C18H23N5O2/c1-18(2,3)8-14(11-24)22-17(25)12-4-6-15(7-5-12)23-16(20)13(9-19)10-21-23/h4-7,10,14,24H,8,11,20H2,1-3H3,(H,22,25). The maximum Gasteiger partial charge on any atom is 0.251 e. The average molecular weight is 341 g/mol. The Kier molecular flexibility index (Phi) is 5.45. The molecule has 2 rings (SSSR count). The summed E-state index contributed by atoms with van der Waals surface area (Å²) >= 11 is 0. The Bertz CT molecular complexity index is 781. The molecule has 25 heavy (non-hydrogen) atoms. The molecule has 1 aromatic heterocycles. The molecule has 0 radical (unpaired) electrons. The minimum atomic E-state index is -0.299. The van der Waals surface area contributed by atoms with Gasteiger partial charge in [0.2, 0.25) is 0 Å². The summed E-state index contributed by atoms with van der Waals surface area (Å²) in [5, 5.41) is 25.3. The van der Waals surface area contributed by atoms with Gasteiger partial charge in [0.05, 0.1) is 24.5 Å². The number of aliphatic hydroxyl groups is 1. The van der Waals surface area contributed by atoms with Crippen LogP contribution in [0.15, 0.2) is 30.5 Å². The van der Waals surface area contributed by atoms with Gasteiger partial charge in [-0.15, -0.1) is 0 Å². The number of anilines is 1. The number of nitriles is 1. The maximum absolute atomic E-state index is 12.4. The summed E-state index contributed by atoms with van der Waals surface area (Å²) in [6, 6.07) is 8.39. The topological polar surface area (TPSA) is 117 Å². The number of hydrogen-bond acceptors (Lipinski definition) is 5. The van der Waals surface area contributed by atoms with Crippen molar-refractivity contribution in [3.8, 4) is 11.8 Å². The van der Waals surface area contributed by atoms with Gasteiger partial charge in [0.15, 0.2) is 0 Å². The number of aromatic nitrogens is 2. The second-order valence-corrected chi connectivity index (χ2v) is 7.13. The molecule has 1 unspecified atom stereocenters. The Morgan fingerprint density at radius 2 is 2.04 bits per heavy atom. The molecule has 0 saturated heterocycles. The zero-order valence-electron chi connectivity index (χ0n) is 14.7. The van der Waals surface area contributed by atoms with Gasteiger partial charge in [0.25, 0.3) is 5.91 Å². The Hall–Kier alpha value is -2.85. The number of carbonyl (C=O) groups excluding carboxylic acids is 1. The molecule has 0 aliphatic carbocycles. The van der Waals surface area contributed by atoms with Crippen molar-refractivity contribution in [1.82, 2.24) is 15.1 Å². The molecule has 1 aromatic carbocycles. The van der Waals surface area contributed by atoms with E-state index < -0.39 is 0 Å². The number of carbonyl (C=O) groups is 1. The highest BCUT2D eigenvalue weighted by atomic mass is 16.3. The van der Waals surface area contributed by atoms with Crippen LogP contribution < -0.4 is 11.1 Å². The maximum atomic E-state index is 12.4. The molecule has 2 aromatic rings. The lowest BCUT2D eigenvalue weighted by molar-refractivity contribution is 0.0897. The zero-order valence-corrected chi connectivity index (χ0v) is 14.7. The molecule has 4 N–H and O–H groups in total. The van der Waals surface area contributed by atoms with Crippen LogP contribution >= 0.6 is 0 Å². The number of amides is 1. The minimum Gasteiger partial charge on any atom is -0.394 e. The molecule has 0 fully saturated rings. The highest BCUT2D eigenvalue weighted by Crippen LogP contribution is 2.21. The van der Waals surface area contributed by atoms with Crippen LogP contribution in [0, 0.1) is 16.7 Å². The number of hydrogen-bond donors (Lipinski definition) is 3. The number of aliphatic hydroxyl groups excluding tert-OH is 1. The second-order valence-electron chi connectivity index (χ2n) is 7.13. The van der Waals surface area contributed by atoms with E-state index in [1.807, 2.05) is 6.07 Å².